The van der Waals surface area contributed by atoms with Crippen molar-refractivity contribution in [2.24, 2.45) is 5.41 Å². The number of fused-ring (bicyclic) bond motifs is 1. The molecule has 2 aromatic heterocycles. The van der Waals surface area contributed by atoms with Crippen molar-refractivity contribution in [1.82, 2.24) is 19.6 Å². The fourth-order valence-corrected chi connectivity index (χ4v) is 6.12. The molecule has 6 heteroatoms. The molecule has 0 bridgehead atoms. The second kappa shape index (κ2) is 8.73. The number of carbonyl (C=O) groups is 1. The van der Waals surface area contributed by atoms with Gasteiger partial charge in [-0.05, 0) is 92.4 Å². The summed E-state index contributed by atoms with van der Waals surface area (Å²) in [6, 6.07) is 14.0. The number of carbonyl (C=O) groups excluding carboxylic acids is 1. The van der Waals surface area contributed by atoms with Crippen LogP contribution in [0.25, 0.3) is 16.8 Å². The molecule has 2 aliphatic heterocycles. The van der Waals surface area contributed by atoms with E-state index in [1.54, 1.807) is 13.2 Å². The van der Waals surface area contributed by atoms with Gasteiger partial charge >= 0.3 is 0 Å². The van der Waals surface area contributed by atoms with Gasteiger partial charge in [-0.1, -0.05) is 18.6 Å². The number of nitrogens with zero attached hydrogens (tertiary/aromatic N) is 4. The maximum Gasteiger partial charge on any atom is 0.271 e. The second-order valence-corrected chi connectivity index (χ2v) is 10.5. The van der Waals surface area contributed by atoms with Crippen molar-refractivity contribution in [2.75, 3.05) is 38.1 Å². The first-order chi connectivity index (χ1) is 16.6. The zero-order chi connectivity index (χ0) is 23.1. The average Bonchev–Trinajstić information content (AvgIpc) is 3.28. The van der Waals surface area contributed by atoms with E-state index in [0.717, 1.165) is 17.3 Å². The highest BCUT2D eigenvalue weighted by molar-refractivity contribution is 5.92. The monoisotopic (exact) mass is 457 g/mol. The molecule has 6 nitrogen and oxygen atoms in total. The van der Waals surface area contributed by atoms with Gasteiger partial charge in [-0.2, -0.15) is 0 Å². The normalized spacial score (nSPS) is 21.0. The van der Waals surface area contributed by atoms with Crippen LogP contribution < -0.4 is 10.2 Å². The maximum atomic E-state index is 11.9. The number of imidazole rings is 1. The summed E-state index contributed by atoms with van der Waals surface area (Å²) in [5, 5.41) is 2.63. The standard InChI is InChI=1S/C28H35N5O/c1-29-27(34)25-20-33-14-9-22(19-26(33)30-25)21-5-7-24(8-6-21)32-17-12-28(13-18-32)10-15-31(16-11-28)23-3-2-4-23/h5-9,14,19-20,23H,2-4,10-13,15-18H2,1H3,(H,29,34). The van der Waals surface area contributed by atoms with Crippen molar-refractivity contribution in [3.63, 3.8) is 0 Å². The number of hydrogen-bond acceptors (Lipinski definition) is 4. The van der Waals surface area contributed by atoms with Crippen LogP contribution in [-0.4, -0.2) is 59.5 Å². The first kappa shape index (κ1) is 21.7. The molecule has 1 amide bonds. The molecule has 3 aliphatic rings. The first-order valence-electron chi connectivity index (χ1n) is 12.9. The third-order valence-electron chi connectivity index (χ3n) is 8.76. The Balaban J connectivity index is 1.10. The van der Waals surface area contributed by atoms with Crippen LogP contribution in [0.5, 0.6) is 0 Å². The maximum absolute atomic E-state index is 11.9. The number of pyridine rings is 1. The Bertz CT molecular complexity index is 1160. The van der Waals surface area contributed by atoms with Crippen LogP contribution in [0, 0.1) is 5.41 Å². The Hall–Kier alpha value is -2.86. The molecule has 178 valence electrons. The molecule has 3 aromatic rings. The molecule has 3 fully saturated rings. The lowest BCUT2D eigenvalue weighted by Crippen LogP contribution is -2.50. The van der Waals surface area contributed by atoms with E-state index in [4.69, 9.17) is 0 Å². The highest BCUT2D eigenvalue weighted by Gasteiger charge is 2.39. The fraction of sp³-hybridized carbons (Fsp3) is 0.500. The third-order valence-corrected chi connectivity index (χ3v) is 8.76. The molecule has 4 heterocycles. The zero-order valence-electron chi connectivity index (χ0n) is 20.2. The SMILES string of the molecule is CNC(=O)c1cn2ccc(-c3ccc(N4CCC5(CC4)CCN(C4CCC4)CC5)cc3)cc2n1. The van der Waals surface area contributed by atoms with Gasteiger partial charge in [-0.25, -0.2) is 4.98 Å². The summed E-state index contributed by atoms with van der Waals surface area (Å²) >= 11 is 0. The molecule has 2 saturated heterocycles. The van der Waals surface area contributed by atoms with Crippen molar-refractivity contribution < 1.29 is 4.79 Å². The fourth-order valence-electron chi connectivity index (χ4n) is 6.12. The zero-order valence-corrected chi connectivity index (χ0v) is 20.2. The van der Waals surface area contributed by atoms with Gasteiger partial charge in [0.2, 0.25) is 0 Å². The van der Waals surface area contributed by atoms with Crippen molar-refractivity contribution in [3.05, 3.63) is 54.5 Å². The van der Waals surface area contributed by atoms with E-state index in [0.29, 0.717) is 11.1 Å². The summed E-state index contributed by atoms with van der Waals surface area (Å²) in [4.78, 5) is 21.7. The Morgan fingerprint density at radius 3 is 2.32 bits per heavy atom. The van der Waals surface area contributed by atoms with E-state index in [-0.39, 0.29) is 5.91 Å². The lowest BCUT2D eigenvalue weighted by atomic mass is 9.70. The van der Waals surface area contributed by atoms with Gasteiger partial charge in [-0.3, -0.25) is 4.79 Å². The Labute approximate surface area is 202 Å². The van der Waals surface area contributed by atoms with Crippen LogP contribution in [0.1, 0.15) is 55.4 Å². The van der Waals surface area contributed by atoms with Gasteiger partial charge in [0.1, 0.15) is 11.3 Å². The van der Waals surface area contributed by atoms with Gasteiger partial charge < -0.3 is 19.5 Å². The molecule has 0 atom stereocenters. The Morgan fingerprint density at radius 2 is 1.68 bits per heavy atom. The number of likely N-dealkylation sites (tertiary alicyclic amines) is 1. The molecular weight excluding hydrogens is 422 g/mol. The molecule has 1 aromatic carbocycles. The van der Waals surface area contributed by atoms with Crippen molar-refractivity contribution in [3.8, 4) is 11.1 Å². The van der Waals surface area contributed by atoms with E-state index in [1.807, 2.05) is 16.7 Å². The molecule has 1 aliphatic carbocycles. The van der Waals surface area contributed by atoms with Gasteiger partial charge in [0.05, 0.1) is 0 Å². The molecule has 6 rings (SSSR count). The minimum Gasteiger partial charge on any atom is -0.371 e. The predicted molar refractivity (Wildman–Crippen MR) is 136 cm³/mol. The summed E-state index contributed by atoms with van der Waals surface area (Å²) < 4.78 is 1.89. The van der Waals surface area contributed by atoms with Crippen LogP contribution in [0.4, 0.5) is 5.69 Å². The lowest BCUT2D eigenvalue weighted by Gasteiger charge is -2.50. The van der Waals surface area contributed by atoms with E-state index < -0.39 is 0 Å². The summed E-state index contributed by atoms with van der Waals surface area (Å²) in [6.07, 6.45) is 13.5. The number of rotatable bonds is 4. The van der Waals surface area contributed by atoms with Gasteiger partial charge in [0.25, 0.3) is 5.91 Å². The minimum atomic E-state index is -0.165. The summed E-state index contributed by atoms with van der Waals surface area (Å²) in [6.45, 7) is 4.99. The van der Waals surface area contributed by atoms with Crippen LogP contribution >= 0.6 is 0 Å². The molecule has 0 unspecified atom stereocenters. The first-order valence-corrected chi connectivity index (χ1v) is 12.9. The molecule has 0 radical (unpaired) electrons. The van der Waals surface area contributed by atoms with Crippen LogP contribution in [0.15, 0.2) is 48.8 Å². The van der Waals surface area contributed by atoms with Crippen molar-refractivity contribution in [2.45, 2.75) is 51.0 Å². The van der Waals surface area contributed by atoms with E-state index >= 15 is 0 Å². The summed E-state index contributed by atoms with van der Waals surface area (Å²) in [7, 11) is 1.63. The predicted octanol–water partition coefficient (Wildman–Crippen LogP) is 4.60. The van der Waals surface area contributed by atoms with Crippen molar-refractivity contribution in [1.29, 1.82) is 0 Å². The molecule has 34 heavy (non-hydrogen) atoms. The van der Waals surface area contributed by atoms with Crippen molar-refractivity contribution >= 4 is 17.2 Å². The third kappa shape index (κ3) is 3.98. The minimum absolute atomic E-state index is 0.165. The Morgan fingerprint density at radius 1 is 0.971 bits per heavy atom. The smallest absolute Gasteiger partial charge is 0.271 e. The second-order valence-electron chi connectivity index (χ2n) is 10.5. The molecular formula is C28H35N5O. The van der Waals surface area contributed by atoms with E-state index in [1.165, 1.54) is 82.4 Å². The molecule has 1 spiro atoms. The average molecular weight is 458 g/mol. The number of anilines is 1. The molecule has 1 saturated carbocycles. The number of aromatic nitrogens is 2. The highest BCUT2D eigenvalue weighted by atomic mass is 16.1. The van der Waals surface area contributed by atoms with E-state index in [9.17, 15) is 4.79 Å². The largest absolute Gasteiger partial charge is 0.371 e. The summed E-state index contributed by atoms with van der Waals surface area (Å²) in [5.41, 5.74) is 5.42. The highest BCUT2D eigenvalue weighted by Crippen LogP contribution is 2.43. The van der Waals surface area contributed by atoms with E-state index in [2.05, 4.69) is 50.4 Å². The van der Waals surface area contributed by atoms with Crippen LogP contribution in [0.2, 0.25) is 0 Å². The number of benzene rings is 1. The quantitative estimate of drug-likeness (QED) is 0.622. The molecule has 1 N–H and O–H groups in total. The summed E-state index contributed by atoms with van der Waals surface area (Å²) in [5.74, 6) is -0.165. The number of nitrogens with one attached hydrogen (secondary N) is 1. The van der Waals surface area contributed by atoms with Gasteiger partial charge in [0.15, 0.2) is 0 Å². The number of hydrogen-bond donors (Lipinski definition) is 1. The number of amides is 1. The lowest BCUT2D eigenvalue weighted by molar-refractivity contribution is 0.0306. The Kier molecular flexibility index (Phi) is 5.56. The van der Waals surface area contributed by atoms with Gasteiger partial charge in [0, 0.05) is 44.3 Å². The van der Waals surface area contributed by atoms with Crippen LogP contribution in [-0.2, 0) is 0 Å². The number of piperidine rings is 2. The van der Waals surface area contributed by atoms with Crippen LogP contribution in [0.3, 0.4) is 0 Å². The van der Waals surface area contributed by atoms with Gasteiger partial charge in [-0.15, -0.1) is 0 Å². The topological polar surface area (TPSA) is 52.9 Å².